The Labute approximate surface area is 214 Å². The van der Waals surface area contributed by atoms with Crippen molar-refractivity contribution in [2.24, 2.45) is 5.92 Å². The van der Waals surface area contributed by atoms with E-state index in [-0.39, 0.29) is 33.8 Å². The van der Waals surface area contributed by atoms with Gasteiger partial charge in [-0.2, -0.15) is 0 Å². The van der Waals surface area contributed by atoms with Gasteiger partial charge in [-0.15, -0.1) is 0 Å². The third-order valence-electron chi connectivity index (χ3n) is 5.57. The maximum atomic E-state index is 14.6. The number of nitrogens with zero attached hydrogens (tertiary/aromatic N) is 2. The van der Waals surface area contributed by atoms with Crippen molar-refractivity contribution in [2.75, 3.05) is 25.2 Å². The summed E-state index contributed by atoms with van der Waals surface area (Å²) in [7, 11) is 0.242. The number of hydrogen-bond donors (Lipinski definition) is 2. The summed E-state index contributed by atoms with van der Waals surface area (Å²) in [6.45, 7) is 4.06. The van der Waals surface area contributed by atoms with Crippen LogP contribution in [0.15, 0.2) is 12.1 Å². The first-order valence-corrected chi connectivity index (χ1v) is 14.3. The van der Waals surface area contributed by atoms with Crippen LogP contribution in [0.3, 0.4) is 0 Å². The van der Waals surface area contributed by atoms with Gasteiger partial charge in [0.05, 0.1) is 11.3 Å². The Kier molecular flexibility index (Phi) is 9.25. The number of anilines is 1. The van der Waals surface area contributed by atoms with Crippen LogP contribution in [-0.2, 0) is 16.6 Å². The standard InChI is InChI=1S/C23H31ClF2N4O3S2/c1-13(2)12-35(32,33)29-16-7-5-15(6-8-16)27-23-28-22(24)21(34-23)20(31)19-17(25)9-14(10-18(19)26)11-30(3)4/h9-10,13,15-16,29H,5-8,11-12H2,1-4H3,(H,27,28). The third kappa shape index (κ3) is 7.66. The molecule has 0 unspecified atom stereocenters. The summed E-state index contributed by atoms with van der Waals surface area (Å²) < 4.78 is 56.4. The lowest BCUT2D eigenvalue weighted by atomic mass is 9.92. The highest BCUT2D eigenvalue weighted by Gasteiger charge is 2.28. The fraction of sp³-hybridized carbons (Fsp3) is 0.565. The van der Waals surface area contributed by atoms with Gasteiger partial charge in [0.25, 0.3) is 0 Å². The molecule has 1 fully saturated rings. The first-order valence-electron chi connectivity index (χ1n) is 11.4. The highest BCUT2D eigenvalue weighted by atomic mass is 35.5. The number of aromatic nitrogens is 1. The Morgan fingerprint density at radius 1 is 1.17 bits per heavy atom. The van der Waals surface area contributed by atoms with Gasteiger partial charge in [0, 0.05) is 18.6 Å². The van der Waals surface area contributed by atoms with E-state index in [0.29, 0.717) is 42.9 Å². The van der Waals surface area contributed by atoms with E-state index in [1.165, 1.54) is 0 Å². The molecule has 3 rings (SSSR count). The number of rotatable bonds is 10. The summed E-state index contributed by atoms with van der Waals surface area (Å²) >= 11 is 7.11. The number of benzene rings is 1. The first-order chi connectivity index (χ1) is 16.3. The van der Waals surface area contributed by atoms with Crippen LogP contribution in [-0.4, -0.2) is 56.0 Å². The number of ketones is 1. The molecular formula is C23H31ClF2N4O3S2. The minimum absolute atomic E-state index is 0.0183. The zero-order valence-electron chi connectivity index (χ0n) is 20.2. The smallest absolute Gasteiger partial charge is 0.212 e. The van der Waals surface area contributed by atoms with E-state index in [1.54, 1.807) is 19.0 Å². The number of carbonyl (C=O) groups is 1. The van der Waals surface area contributed by atoms with Gasteiger partial charge in [0.1, 0.15) is 16.5 Å². The van der Waals surface area contributed by atoms with Gasteiger partial charge in [-0.25, -0.2) is 26.9 Å². The molecule has 1 aromatic heterocycles. The van der Waals surface area contributed by atoms with Gasteiger partial charge in [-0.1, -0.05) is 36.8 Å². The van der Waals surface area contributed by atoms with Crippen molar-refractivity contribution < 1.29 is 22.0 Å². The topological polar surface area (TPSA) is 91.4 Å². The molecule has 0 spiro atoms. The molecule has 0 amide bonds. The summed E-state index contributed by atoms with van der Waals surface area (Å²) in [5, 5.41) is 3.49. The van der Waals surface area contributed by atoms with E-state index in [2.05, 4.69) is 15.0 Å². The fourth-order valence-electron chi connectivity index (χ4n) is 4.19. The summed E-state index contributed by atoms with van der Waals surface area (Å²) in [5.74, 6) is -2.59. The van der Waals surface area contributed by atoms with E-state index < -0.39 is 33.0 Å². The normalized spacial score (nSPS) is 18.9. The molecule has 1 aliphatic rings. The maximum Gasteiger partial charge on any atom is 0.212 e. The molecule has 0 bridgehead atoms. The number of hydrogen-bond acceptors (Lipinski definition) is 7. The van der Waals surface area contributed by atoms with Crippen molar-refractivity contribution in [2.45, 2.75) is 58.2 Å². The number of carbonyl (C=O) groups excluding carboxylic acids is 1. The second-order valence-electron chi connectivity index (χ2n) is 9.63. The van der Waals surface area contributed by atoms with E-state index in [4.69, 9.17) is 11.6 Å². The largest absolute Gasteiger partial charge is 0.359 e. The van der Waals surface area contributed by atoms with E-state index in [9.17, 15) is 22.0 Å². The highest BCUT2D eigenvalue weighted by molar-refractivity contribution is 7.89. The third-order valence-corrected chi connectivity index (χ3v) is 8.74. The van der Waals surface area contributed by atoms with Crippen LogP contribution in [0.1, 0.15) is 60.3 Å². The maximum absolute atomic E-state index is 14.6. The van der Waals surface area contributed by atoms with Gasteiger partial charge in [0.15, 0.2) is 10.3 Å². The highest BCUT2D eigenvalue weighted by Crippen LogP contribution is 2.33. The molecule has 2 aromatic rings. The number of nitrogens with one attached hydrogen (secondary N) is 2. The molecule has 1 aromatic carbocycles. The molecule has 35 heavy (non-hydrogen) atoms. The van der Waals surface area contributed by atoms with Crippen LogP contribution in [0, 0.1) is 17.6 Å². The predicted molar refractivity (Wildman–Crippen MR) is 136 cm³/mol. The minimum atomic E-state index is -3.31. The van der Waals surface area contributed by atoms with Crippen molar-refractivity contribution in [3.63, 3.8) is 0 Å². The molecule has 1 heterocycles. The molecule has 1 saturated carbocycles. The SMILES string of the molecule is CC(C)CS(=O)(=O)NC1CCC(Nc2nc(Cl)c(C(=O)c3c(F)cc(CN(C)C)cc3F)s2)CC1. The lowest BCUT2D eigenvalue weighted by molar-refractivity contribution is 0.103. The Balaban J connectivity index is 1.64. The van der Waals surface area contributed by atoms with Crippen molar-refractivity contribution >= 4 is 43.9 Å². The summed E-state index contributed by atoms with van der Waals surface area (Å²) in [6, 6.07) is 2.20. The number of thiazole rings is 1. The minimum Gasteiger partial charge on any atom is -0.359 e. The van der Waals surface area contributed by atoms with Crippen LogP contribution < -0.4 is 10.0 Å². The van der Waals surface area contributed by atoms with E-state index in [0.717, 1.165) is 23.5 Å². The average Bonchev–Trinajstić information content (AvgIpc) is 3.07. The molecule has 0 saturated heterocycles. The van der Waals surface area contributed by atoms with Crippen molar-refractivity contribution in [3.8, 4) is 0 Å². The van der Waals surface area contributed by atoms with Crippen LogP contribution in [0.5, 0.6) is 0 Å². The van der Waals surface area contributed by atoms with Gasteiger partial charge in [0.2, 0.25) is 15.8 Å². The van der Waals surface area contributed by atoms with Crippen molar-refractivity contribution in [3.05, 3.63) is 44.9 Å². The quantitative estimate of drug-likeness (QED) is 0.419. The first kappa shape index (κ1) is 27.9. The second-order valence-corrected chi connectivity index (χ2v) is 12.8. The second kappa shape index (κ2) is 11.6. The van der Waals surface area contributed by atoms with Crippen molar-refractivity contribution in [1.29, 1.82) is 0 Å². The lowest BCUT2D eigenvalue weighted by Gasteiger charge is -2.29. The molecule has 0 aliphatic heterocycles. The van der Waals surface area contributed by atoms with E-state index >= 15 is 0 Å². The summed E-state index contributed by atoms with van der Waals surface area (Å²) in [6.07, 6.45) is 2.73. The summed E-state index contributed by atoms with van der Waals surface area (Å²) in [5.41, 5.74) is -0.236. The Morgan fingerprint density at radius 2 is 1.74 bits per heavy atom. The Bertz CT molecular complexity index is 1140. The average molecular weight is 549 g/mol. The summed E-state index contributed by atoms with van der Waals surface area (Å²) in [4.78, 5) is 18.8. The number of halogens is 3. The van der Waals surface area contributed by atoms with Gasteiger partial charge in [-0.05, 0) is 63.4 Å². The Hall–Kier alpha value is -1.66. The predicted octanol–water partition coefficient (Wildman–Crippen LogP) is 4.67. The molecule has 194 valence electrons. The Morgan fingerprint density at radius 3 is 2.29 bits per heavy atom. The lowest BCUT2D eigenvalue weighted by Crippen LogP contribution is -2.41. The monoisotopic (exact) mass is 548 g/mol. The molecule has 1 aliphatic carbocycles. The van der Waals surface area contributed by atoms with Gasteiger partial charge < -0.3 is 10.2 Å². The van der Waals surface area contributed by atoms with Crippen LogP contribution >= 0.6 is 22.9 Å². The van der Waals surface area contributed by atoms with Crippen LogP contribution in [0.2, 0.25) is 5.15 Å². The molecule has 2 N–H and O–H groups in total. The molecule has 0 radical (unpaired) electrons. The molecule has 0 atom stereocenters. The molecule has 12 heteroatoms. The molecular weight excluding hydrogens is 518 g/mol. The van der Waals surface area contributed by atoms with E-state index in [1.807, 2.05) is 13.8 Å². The van der Waals surface area contributed by atoms with Crippen LogP contribution in [0.25, 0.3) is 0 Å². The fourth-order valence-corrected chi connectivity index (χ4v) is 7.12. The van der Waals surface area contributed by atoms with Gasteiger partial charge in [-0.3, -0.25) is 4.79 Å². The molecule has 7 nitrogen and oxygen atoms in total. The number of sulfonamides is 1. The zero-order valence-corrected chi connectivity index (χ0v) is 22.6. The zero-order chi connectivity index (χ0) is 25.9. The van der Waals surface area contributed by atoms with Crippen molar-refractivity contribution in [1.82, 2.24) is 14.6 Å². The van der Waals surface area contributed by atoms with Crippen LogP contribution in [0.4, 0.5) is 13.9 Å². The van der Waals surface area contributed by atoms with Gasteiger partial charge >= 0.3 is 0 Å².